The fourth-order valence-electron chi connectivity index (χ4n) is 3.54. The summed E-state index contributed by atoms with van der Waals surface area (Å²) in [6.45, 7) is 0. The van der Waals surface area contributed by atoms with E-state index in [1.807, 2.05) is 42.5 Å². The van der Waals surface area contributed by atoms with Crippen LogP contribution in [-0.2, 0) is 4.74 Å². The number of carbonyl (C=O) groups excluding carboxylic acids is 2. The van der Waals surface area contributed by atoms with E-state index in [2.05, 4.69) is 10.3 Å². The lowest BCUT2D eigenvalue weighted by molar-refractivity contribution is 0.0600. The molecule has 0 unspecified atom stereocenters. The van der Waals surface area contributed by atoms with Crippen LogP contribution in [0.4, 0.5) is 11.4 Å². The lowest BCUT2D eigenvalue weighted by atomic mass is 10.00. The molecule has 1 heterocycles. The zero-order valence-corrected chi connectivity index (χ0v) is 17.6. The number of pyridine rings is 1. The van der Waals surface area contributed by atoms with Crippen molar-refractivity contribution in [3.8, 4) is 16.9 Å². The Morgan fingerprint density at radius 3 is 2.44 bits per heavy atom. The third-order valence-electron chi connectivity index (χ3n) is 5.09. The lowest BCUT2D eigenvalue weighted by Gasteiger charge is -2.16. The zero-order valence-electron chi connectivity index (χ0n) is 17.6. The Labute approximate surface area is 184 Å². The van der Waals surface area contributed by atoms with Gasteiger partial charge in [0.05, 0.1) is 36.6 Å². The van der Waals surface area contributed by atoms with Crippen LogP contribution in [0.3, 0.4) is 0 Å². The summed E-state index contributed by atoms with van der Waals surface area (Å²) in [6, 6.07) is 20.3. The number of aromatic nitrogens is 1. The van der Waals surface area contributed by atoms with E-state index in [4.69, 9.17) is 15.2 Å². The first-order valence-electron chi connectivity index (χ1n) is 9.83. The number of hydrogen-bond donors (Lipinski definition) is 2. The Kier molecular flexibility index (Phi) is 5.72. The summed E-state index contributed by atoms with van der Waals surface area (Å²) in [7, 11) is 2.91. The molecule has 0 saturated heterocycles. The molecule has 0 fully saturated rings. The number of amides is 1. The van der Waals surface area contributed by atoms with Crippen LogP contribution < -0.4 is 15.8 Å². The molecule has 0 bridgehead atoms. The van der Waals surface area contributed by atoms with Crippen LogP contribution in [0.25, 0.3) is 22.0 Å². The van der Waals surface area contributed by atoms with Gasteiger partial charge in [-0.05, 0) is 35.9 Å². The van der Waals surface area contributed by atoms with Crippen LogP contribution in [0.15, 0.2) is 72.9 Å². The quantitative estimate of drug-likeness (QED) is 0.438. The molecule has 4 aromatic rings. The molecule has 1 aromatic heterocycles. The maximum atomic E-state index is 12.2. The number of benzene rings is 3. The second kappa shape index (κ2) is 8.77. The third kappa shape index (κ3) is 3.96. The maximum absolute atomic E-state index is 12.2. The van der Waals surface area contributed by atoms with Crippen molar-refractivity contribution in [2.24, 2.45) is 5.73 Å². The fourth-order valence-corrected chi connectivity index (χ4v) is 3.54. The van der Waals surface area contributed by atoms with Gasteiger partial charge in [-0.25, -0.2) is 4.79 Å². The number of nitrogens with one attached hydrogen (secondary N) is 1. The molecule has 7 nitrogen and oxygen atoms in total. The molecule has 0 saturated carbocycles. The highest BCUT2D eigenvalue weighted by molar-refractivity contribution is 6.08. The summed E-state index contributed by atoms with van der Waals surface area (Å²) < 4.78 is 10.4. The molecule has 3 N–H and O–H groups in total. The monoisotopic (exact) mass is 427 g/mol. The van der Waals surface area contributed by atoms with E-state index in [-0.39, 0.29) is 5.56 Å². The number of anilines is 2. The van der Waals surface area contributed by atoms with E-state index < -0.39 is 11.9 Å². The van der Waals surface area contributed by atoms with Crippen molar-refractivity contribution >= 4 is 34.2 Å². The van der Waals surface area contributed by atoms with Gasteiger partial charge >= 0.3 is 5.97 Å². The van der Waals surface area contributed by atoms with Crippen LogP contribution >= 0.6 is 0 Å². The van der Waals surface area contributed by atoms with Gasteiger partial charge in [0.2, 0.25) is 0 Å². The molecule has 160 valence electrons. The topological polar surface area (TPSA) is 104 Å². The van der Waals surface area contributed by atoms with E-state index in [1.54, 1.807) is 31.4 Å². The zero-order chi connectivity index (χ0) is 22.7. The number of methoxy groups -OCH3 is 2. The minimum atomic E-state index is -0.628. The van der Waals surface area contributed by atoms with Gasteiger partial charge < -0.3 is 20.5 Å². The van der Waals surface area contributed by atoms with Crippen LogP contribution in [-0.4, -0.2) is 31.1 Å². The van der Waals surface area contributed by atoms with Crippen molar-refractivity contribution in [2.45, 2.75) is 0 Å². The number of nitrogens with zero attached hydrogens (tertiary/aromatic N) is 1. The Bertz CT molecular complexity index is 1320. The number of fused-ring (bicyclic) bond motifs is 1. The van der Waals surface area contributed by atoms with Gasteiger partial charge in [-0.3, -0.25) is 9.78 Å². The predicted octanol–water partition coefficient (Wildman–Crippen LogP) is 4.54. The van der Waals surface area contributed by atoms with Crippen LogP contribution in [0, 0.1) is 0 Å². The number of ether oxygens (including phenoxy) is 2. The first-order valence-corrected chi connectivity index (χ1v) is 9.83. The summed E-state index contributed by atoms with van der Waals surface area (Å²) in [5, 5.41) is 3.88. The summed E-state index contributed by atoms with van der Waals surface area (Å²) in [5.74, 6) is -0.465. The van der Waals surface area contributed by atoms with Crippen LogP contribution in [0.5, 0.6) is 5.75 Å². The molecular weight excluding hydrogens is 406 g/mol. The molecule has 7 heteroatoms. The maximum Gasteiger partial charge on any atom is 0.337 e. The number of rotatable bonds is 6. The van der Waals surface area contributed by atoms with Gasteiger partial charge in [0.1, 0.15) is 5.75 Å². The second-order valence-corrected chi connectivity index (χ2v) is 7.04. The summed E-state index contributed by atoms with van der Waals surface area (Å²) >= 11 is 0. The Morgan fingerprint density at radius 2 is 1.75 bits per heavy atom. The molecular formula is C25H21N3O4. The summed E-state index contributed by atoms with van der Waals surface area (Å²) in [5.41, 5.74) is 9.79. The fraction of sp³-hybridized carbons (Fsp3) is 0.0800. The second-order valence-electron chi connectivity index (χ2n) is 7.04. The lowest BCUT2D eigenvalue weighted by Crippen LogP contribution is -2.14. The van der Waals surface area contributed by atoms with Crippen LogP contribution in [0.1, 0.15) is 20.7 Å². The number of carbonyl (C=O) groups is 2. The normalized spacial score (nSPS) is 10.6. The molecule has 0 spiro atoms. The SMILES string of the molecule is COC(=O)c1cccc(Nc2c(C(N)=O)cnc3cc(-c4ccccc4)c(OC)cc23)c1. The molecule has 0 aliphatic heterocycles. The number of primary amides is 1. The van der Waals surface area contributed by atoms with Gasteiger partial charge in [0.15, 0.2) is 0 Å². The Hall–Kier alpha value is -4.39. The van der Waals surface area contributed by atoms with Gasteiger partial charge in [-0.2, -0.15) is 0 Å². The van der Waals surface area contributed by atoms with Gasteiger partial charge in [0, 0.05) is 22.8 Å². The first kappa shape index (κ1) is 20.9. The molecule has 0 radical (unpaired) electrons. The van der Waals surface area contributed by atoms with E-state index in [0.29, 0.717) is 33.6 Å². The molecule has 0 aliphatic rings. The van der Waals surface area contributed by atoms with E-state index in [1.165, 1.54) is 13.3 Å². The minimum Gasteiger partial charge on any atom is -0.496 e. The third-order valence-corrected chi connectivity index (χ3v) is 5.09. The highest BCUT2D eigenvalue weighted by atomic mass is 16.5. The summed E-state index contributed by atoms with van der Waals surface area (Å²) in [4.78, 5) is 28.5. The highest BCUT2D eigenvalue weighted by Crippen LogP contribution is 2.38. The summed E-state index contributed by atoms with van der Waals surface area (Å²) in [6.07, 6.45) is 1.44. The molecule has 1 amide bonds. The Balaban J connectivity index is 1.89. The van der Waals surface area contributed by atoms with Crippen molar-refractivity contribution < 1.29 is 19.1 Å². The number of esters is 1. The number of hydrogen-bond acceptors (Lipinski definition) is 6. The average molecular weight is 427 g/mol. The molecule has 3 aromatic carbocycles. The predicted molar refractivity (Wildman–Crippen MR) is 123 cm³/mol. The standard InChI is InChI=1S/C25H21N3O4/c1-31-22-13-19-21(12-18(22)15-7-4-3-5-8-15)27-14-20(24(26)29)23(19)28-17-10-6-9-16(11-17)25(30)32-2/h3-14H,1-2H3,(H2,26,29)(H,27,28). The van der Waals surface area contributed by atoms with Crippen LogP contribution in [0.2, 0.25) is 0 Å². The van der Waals surface area contributed by atoms with E-state index in [9.17, 15) is 9.59 Å². The van der Waals surface area contributed by atoms with Crippen molar-refractivity contribution in [2.75, 3.05) is 19.5 Å². The van der Waals surface area contributed by atoms with Crippen molar-refractivity contribution in [1.29, 1.82) is 0 Å². The Morgan fingerprint density at radius 1 is 0.969 bits per heavy atom. The largest absolute Gasteiger partial charge is 0.496 e. The molecule has 0 aliphatic carbocycles. The molecule has 0 atom stereocenters. The smallest absolute Gasteiger partial charge is 0.337 e. The first-order chi connectivity index (χ1) is 15.5. The minimum absolute atomic E-state index is 0.218. The van der Waals surface area contributed by atoms with Gasteiger partial charge in [-0.1, -0.05) is 36.4 Å². The highest BCUT2D eigenvalue weighted by Gasteiger charge is 2.17. The van der Waals surface area contributed by atoms with Gasteiger partial charge in [0.25, 0.3) is 5.91 Å². The molecule has 32 heavy (non-hydrogen) atoms. The average Bonchev–Trinajstić information content (AvgIpc) is 2.83. The molecule has 4 rings (SSSR count). The van der Waals surface area contributed by atoms with Crippen molar-refractivity contribution in [3.05, 3.63) is 84.1 Å². The van der Waals surface area contributed by atoms with E-state index >= 15 is 0 Å². The van der Waals surface area contributed by atoms with Crippen molar-refractivity contribution in [1.82, 2.24) is 4.98 Å². The van der Waals surface area contributed by atoms with Crippen molar-refractivity contribution in [3.63, 3.8) is 0 Å². The van der Waals surface area contributed by atoms with Gasteiger partial charge in [-0.15, -0.1) is 0 Å². The number of nitrogens with two attached hydrogens (primary N) is 1. The van der Waals surface area contributed by atoms with E-state index in [0.717, 1.165) is 11.1 Å².